The minimum atomic E-state index is -1.09. The Bertz CT molecular complexity index is 3460. The van der Waals surface area contributed by atoms with Gasteiger partial charge in [-0.3, -0.25) is 0 Å². The van der Waals surface area contributed by atoms with Gasteiger partial charge in [0.2, 0.25) is 34.5 Å². The Morgan fingerprint density at radius 2 is 0.500 bits per heavy atom. The maximum absolute atomic E-state index is 11.5. The van der Waals surface area contributed by atoms with Gasteiger partial charge in [0, 0.05) is 22.1 Å². The number of hydrogen-bond donors (Lipinski definition) is 10. The molecule has 0 aliphatic carbocycles. The minimum Gasteiger partial charge on any atom is -0.503 e. The van der Waals surface area contributed by atoms with E-state index < -0.39 is 57.5 Å². The van der Waals surface area contributed by atoms with Crippen molar-refractivity contribution in [1.82, 2.24) is 0 Å². The summed E-state index contributed by atoms with van der Waals surface area (Å²) in [5.41, 5.74) is 4.62. The molecule has 0 atom stereocenters. The lowest BCUT2D eigenvalue weighted by molar-refractivity contribution is 0.329. The summed E-state index contributed by atoms with van der Waals surface area (Å²) in [7, 11) is 0. The predicted molar refractivity (Wildman–Crippen MR) is 265 cm³/mol. The Labute approximate surface area is 386 Å². The molecule has 0 spiro atoms. The maximum atomic E-state index is 11.5. The summed E-state index contributed by atoms with van der Waals surface area (Å²) in [6.45, 7) is 0. The zero-order valence-electron chi connectivity index (χ0n) is 35.5. The first-order chi connectivity index (χ1) is 32.9. The average molecular weight is 899 g/mol. The summed E-state index contributed by atoms with van der Waals surface area (Å²) in [5.74, 6) is -9.78. The van der Waals surface area contributed by atoms with Crippen LogP contribution in [0.25, 0.3) is 65.3 Å². The highest BCUT2D eigenvalue weighted by molar-refractivity contribution is 6.35. The highest BCUT2D eigenvalue weighted by Gasteiger charge is 2.33. The SMILES string of the molecule is Oc1c(O)c(O)c(N(c2ccc(-c3ccccc3)cc2)c2ccc3c4cccc5c(N(c6ccc(-c7ccccc7)cc6)c6c(O)c(O)c(O)c(O)c6O)ccc(c6cccc2c63)c54)c(O)c1O. The number of hydrogen-bond acceptors (Lipinski definition) is 12. The van der Waals surface area contributed by atoms with Crippen LogP contribution in [0.2, 0.25) is 0 Å². The Hall–Kier alpha value is -9.68. The van der Waals surface area contributed by atoms with Crippen LogP contribution in [-0.2, 0) is 0 Å². The van der Waals surface area contributed by atoms with Crippen LogP contribution in [0.5, 0.6) is 57.5 Å². The van der Waals surface area contributed by atoms with E-state index in [4.69, 9.17) is 0 Å². The van der Waals surface area contributed by atoms with Crippen molar-refractivity contribution in [2.75, 3.05) is 9.80 Å². The number of rotatable bonds is 8. The van der Waals surface area contributed by atoms with Crippen molar-refractivity contribution in [3.63, 3.8) is 0 Å². The Morgan fingerprint density at radius 1 is 0.221 bits per heavy atom. The van der Waals surface area contributed by atoms with E-state index in [1.165, 1.54) is 9.80 Å². The molecule has 0 aliphatic rings. The molecular formula is C56H38N2O10. The van der Waals surface area contributed by atoms with Gasteiger partial charge in [-0.2, -0.15) is 0 Å². The highest BCUT2D eigenvalue weighted by Crippen LogP contribution is 2.61. The van der Waals surface area contributed by atoms with E-state index in [2.05, 4.69) is 0 Å². The van der Waals surface area contributed by atoms with Crippen LogP contribution in [0.4, 0.5) is 34.1 Å². The van der Waals surface area contributed by atoms with E-state index in [1.54, 1.807) is 36.4 Å². The molecule has 11 aromatic carbocycles. The molecule has 11 rings (SSSR count). The second-order valence-electron chi connectivity index (χ2n) is 16.4. The fraction of sp³-hybridized carbons (Fsp3) is 0. The second kappa shape index (κ2) is 15.5. The van der Waals surface area contributed by atoms with E-state index >= 15 is 0 Å². The average Bonchev–Trinajstić information content (AvgIpc) is 3.38. The minimum absolute atomic E-state index is 0.386. The molecule has 0 saturated carbocycles. The molecule has 10 N–H and O–H groups in total. The number of nitrogens with zero attached hydrogens (tertiary/aromatic N) is 2. The molecule has 0 fully saturated rings. The van der Waals surface area contributed by atoms with Crippen LogP contribution in [0.15, 0.2) is 170 Å². The number of aromatic hydroxyl groups is 10. The summed E-state index contributed by atoms with van der Waals surface area (Å²) in [6, 6.07) is 52.7. The summed E-state index contributed by atoms with van der Waals surface area (Å²) in [4.78, 5) is 3.01. The molecular weight excluding hydrogens is 861 g/mol. The summed E-state index contributed by atoms with van der Waals surface area (Å²) < 4.78 is 0. The molecule has 0 heterocycles. The van der Waals surface area contributed by atoms with Gasteiger partial charge in [-0.05, 0) is 91.0 Å². The van der Waals surface area contributed by atoms with Gasteiger partial charge in [0.25, 0.3) is 0 Å². The van der Waals surface area contributed by atoms with Crippen molar-refractivity contribution >= 4 is 77.2 Å². The quantitative estimate of drug-likeness (QED) is 0.0299. The molecule has 332 valence electrons. The van der Waals surface area contributed by atoms with Crippen LogP contribution in [-0.4, -0.2) is 51.1 Å². The van der Waals surface area contributed by atoms with Crippen LogP contribution in [0.1, 0.15) is 0 Å². The van der Waals surface area contributed by atoms with Gasteiger partial charge in [0.15, 0.2) is 23.0 Å². The number of fused-ring (bicyclic) bond motifs is 2. The molecule has 0 bridgehead atoms. The van der Waals surface area contributed by atoms with Crippen LogP contribution < -0.4 is 9.80 Å². The van der Waals surface area contributed by atoms with Gasteiger partial charge < -0.3 is 60.9 Å². The van der Waals surface area contributed by atoms with Gasteiger partial charge in [-0.25, -0.2) is 0 Å². The molecule has 0 aliphatic heterocycles. The number of benzene rings is 11. The van der Waals surface area contributed by atoms with Gasteiger partial charge in [0.05, 0.1) is 11.4 Å². The molecule has 11 aromatic rings. The summed E-state index contributed by atoms with van der Waals surface area (Å²) >= 11 is 0. The van der Waals surface area contributed by atoms with Crippen LogP contribution in [0.3, 0.4) is 0 Å². The van der Waals surface area contributed by atoms with Crippen molar-refractivity contribution in [3.05, 3.63) is 170 Å². The van der Waals surface area contributed by atoms with Crippen molar-refractivity contribution in [1.29, 1.82) is 0 Å². The van der Waals surface area contributed by atoms with Crippen molar-refractivity contribution < 1.29 is 51.1 Å². The first-order valence-electron chi connectivity index (χ1n) is 21.4. The van der Waals surface area contributed by atoms with Crippen molar-refractivity contribution in [2.45, 2.75) is 0 Å². The third kappa shape index (κ3) is 6.08. The van der Waals surface area contributed by atoms with Crippen molar-refractivity contribution in [3.8, 4) is 79.7 Å². The number of phenolic OH excluding ortho intramolecular Hbond substituents is 10. The lowest BCUT2D eigenvalue weighted by Crippen LogP contribution is -2.12. The zero-order chi connectivity index (χ0) is 47.1. The monoisotopic (exact) mass is 898 g/mol. The van der Waals surface area contributed by atoms with E-state index in [0.29, 0.717) is 33.5 Å². The normalized spacial score (nSPS) is 11.5. The molecule has 68 heavy (non-hydrogen) atoms. The third-order valence-corrected chi connectivity index (χ3v) is 12.7. The first-order valence-corrected chi connectivity index (χ1v) is 21.4. The van der Waals surface area contributed by atoms with Gasteiger partial charge in [-0.1, -0.05) is 133 Å². The van der Waals surface area contributed by atoms with Gasteiger partial charge in [-0.15, -0.1) is 0 Å². The number of phenols is 10. The molecule has 0 saturated heterocycles. The Balaban J connectivity index is 1.16. The van der Waals surface area contributed by atoms with E-state index in [0.717, 1.165) is 54.6 Å². The molecule has 0 amide bonds. The van der Waals surface area contributed by atoms with Gasteiger partial charge in [0.1, 0.15) is 11.4 Å². The molecule has 12 heteroatoms. The standard InChI is InChI=1S/C56H38N2O10/c59-47-45(48(60)52(64)55(67)51(47)63)57(33-21-17-31(18-22-33)29-9-3-1-4-10-29)41-27-25-37-36-14-8-16-40-42(28-26-38(44(36)40)35-13-7-15-39(41)43(35)37)58(46-49(61)53(65)56(68)54(66)50(46)62)34-23-19-32(20-24-34)30-11-5-2-6-12-30/h1-28,59-68H. The largest absolute Gasteiger partial charge is 0.503 e. The summed E-state index contributed by atoms with van der Waals surface area (Å²) in [5, 5.41) is 116. The topological polar surface area (TPSA) is 209 Å². The number of anilines is 6. The smallest absolute Gasteiger partial charge is 0.208 e. The Kier molecular flexibility index (Phi) is 9.35. The van der Waals surface area contributed by atoms with E-state index in [1.807, 2.05) is 133 Å². The lowest BCUT2D eigenvalue weighted by atomic mass is 9.88. The first kappa shape index (κ1) is 41.1. The fourth-order valence-electron chi connectivity index (χ4n) is 9.48. The predicted octanol–water partition coefficient (Wildman–Crippen LogP) is 13.1. The van der Waals surface area contributed by atoms with Crippen LogP contribution >= 0.6 is 0 Å². The fourth-order valence-corrected chi connectivity index (χ4v) is 9.48. The van der Waals surface area contributed by atoms with Crippen molar-refractivity contribution in [2.24, 2.45) is 0 Å². The van der Waals surface area contributed by atoms with E-state index in [9.17, 15) is 51.1 Å². The highest BCUT2D eigenvalue weighted by atomic mass is 16.4. The zero-order valence-corrected chi connectivity index (χ0v) is 35.5. The maximum Gasteiger partial charge on any atom is 0.208 e. The molecule has 0 radical (unpaired) electrons. The van der Waals surface area contributed by atoms with Crippen LogP contribution in [0, 0.1) is 0 Å². The molecule has 0 unspecified atom stereocenters. The molecule has 0 aromatic heterocycles. The van der Waals surface area contributed by atoms with Gasteiger partial charge >= 0.3 is 0 Å². The lowest BCUT2D eigenvalue weighted by Gasteiger charge is -2.30. The molecule has 12 nitrogen and oxygen atoms in total. The second-order valence-corrected chi connectivity index (χ2v) is 16.4. The Morgan fingerprint density at radius 3 is 0.838 bits per heavy atom. The summed E-state index contributed by atoms with van der Waals surface area (Å²) in [6.07, 6.45) is 0. The van der Waals surface area contributed by atoms with E-state index in [-0.39, 0.29) is 11.4 Å². The third-order valence-electron chi connectivity index (χ3n) is 12.7.